The molecule has 0 heterocycles. The minimum atomic E-state index is -3.16. The summed E-state index contributed by atoms with van der Waals surface area (Å²) >= 11 is 0. The van der Waals surface area contributed by atoms with E-state index < -0.39 is 15.1 Å². The van der Waals surface area contributed by atoms with Gasteiger partial charge in [0.25, 0.3) is 0 Å². The molecule has 26 heavy (non-hydrogen) atoms. The van der Waals surface area contributed by atoms with Crippen LogP contribution in [0.15, 0.2) is 42.5 Å². The first-order valence-electron chi connectivity index (χ1n) is 8.31. The molecule has 0 aliphatic carbocycles. The SMILES string of the molecule is COc1ccc(CC(=O)c2ccc(CS(=O)(=O)C(C)C)cc2)cc1OC. The molecule has 0 aromatic heterocycles. The fourth-order valence-electron chi connectivity index (χ4n) is 2.46. The fraction of sp³-hybridized carbons (Fsp3) is 0.350. The third kappa shape index (κ3) is 4.85. The molecule has 0 saturated carbocycles. The molecule has 0 unspecified atom stereocenters. The molecule has 0 aliphatic heterocycles. The molecule has 5 nitrogen and oxygen atoms in total. The number of benzene rings is 2. The number of carbonyl (C=O) groups excluding carboxylic acids is 1. The van der Waals surface area contributed by atoms with Crippen LogP contribution in [0.5, 0.6) is 11.5 Å². The van der Waals surface area contributed by atoms with Crippen LogP contribution in [0.1, 0.15) is 35.3 Å². The minimum Gasteiger partial charge on any atom is -0.493 e. The van der Waals surface area contributed by atoms with Gasteiger partial charge < -0.3 is 9.47 Å². The van der Waals surface area contributed by atoms with Crippen LogP contribution in [0.3, 0.4) is 0 Å². The molecule has 2 aromatic carbocycles. The van der Waals surface area contributed by atoms with Crippen molar-refractivity contribution in [3.05, 3.63) is 59.2 Å². The molecule has 0 atom stereocenters. The van der Waals surface area contributed by atoms with Crippen LogP contribution >= 0.6 is 0 Å². The van der Waals surface area contributed by atoms with E-state index in [4.69, 9.17) is 9.47 Å². The predicted octanol–water partition coefficient (Wildman–Crippen LogP) is 3.45. The quantitative estimate of drug-likeness (QED) is 0.660. The molecule has 6 heteroatoms. The molecule has 0 bridgehead atoms. The highest BCUT2D eigenvalue weighted by atomic mass is 32.2. The van der Waals surface area contributed by atoms with Crippen LogP contribution in [0.2, 0.25) is 0 Å². The van der Waals surface area contributed by atoms with Gasteiger partial charge in [-0.2, -0.15) is 0 Å². The number of sulfone groups is 1. The molecular weight excluding hydrogens is 352 g/mol. The first-order valence-corrected chi connectivity index (χ1v) is 10.0. The lowest BCUT2D eigenvalue weighted by atomic mass is 10.0. The van der Waals surface area contributed by atoms with Gasteiger partial charge in [-0.1, -0.05) is 30.3 Å². The lowest BCUT2D eigenvalue weighted by molar-refractivity contribution is 0.0993. The molecule has 0 saturated heterocycles. The molecule has 0 fully saturated rings. The normalized spacial score (nSPS) is 11.4. The largest absolute Gasteiger partial charge is 0.493 e. The number of Topliss-reactive ketones (excluding diaryl/α,β-unsaturated/α-hetero) is 1. The molecule has 0 N–H and O–H groups in total. The molecule has 2 rings (SSSR count). The van der Waals surface area contributed by atoms with Crippen LogP contribution in [0.25, 0.3) is 0 Å². The van der Waals surface area contributed by atoms with E-state index in [0.29, 0.717) is 22.6 Å². The van der Waals surface area contributed by atoms with Crippen molar-refractivity contribution in [2.24, 2.45) is 0 Å². The summed E-state index contributed by atoms with van der Waals surface area (Å²) in [5, 5.41) is -0.422. The maximum absolute atomic E-state index is 12.5. The van der Waals surface area contributed by atoms with E-state index in [1.807, 2.05) is 6.07 Å². The van der Waals surface area contributed by atoms with Gasteiger partial charge in [0.05, 0.1) is 25.2 Å². The number of ether oxygens (including phenoxy) is 2. The van der Waals surface area contributed by atoms with Crippen molar-refractivity contribution in [1.82, 2.24) is 0 Å². The fourth-order valence-corrected chi connectivity index (χ4v) is 3.45. The number of rotatable bonds is 8. The summed E-state index contributed by atoms with van der Waals surface area (Å²) in [7, 11) is -0.0497. The summed E-state index contributed by atoms with van der Waals surface area (Å²) in [5.41, 5.74) is 2.05. The predicted molar refractivity (Wildman–Crippen MR) is 102 cm³/mol. The van der Waals surface area contributed by atoms with Gasteiger partial charge in [0.1, 0.15) is 0 Å². The van der Waals surface area contributed by atoms with Crippen LogP contribution in [0, 0.1) is 0 Å². The van der Waals surface area contributed by atoms with Crippen molar-refractivity contribution >= 4 is 15.6 Å². The maximum atomic E-state index is 12.5. The van der Waals surface area contributed by atoms with Gasteiger partial charge >= 0.3 is 0 Å². The highest BCUT2D eigenvalue weighted by Crippen LogP contribution is 2.28. The summed E-state index contributed by atoms with van der Waals surface area (Å²) in [6.07, 6.45) is 0.226. The van der Waals surface area contributed by atoms with Crippen LogP contribution in [0.4, 0.5) is 0 Å². The monoisotopic (exact) mass is 376 g/mol. The van der Waals surface area contributed by atoms with Gasteiger partial charge in [-0.25, -0.2) is 8.42 Å². The van der Waals surface area contributed by atoms with Crippen molar-refractivity contribution < 1.29 is 22.7 Å². The Labute approximate surface area is 154 Å². The molecule has 2 aromatic rings. The minimum absolute atomic E-state index is 0.0190. The third-order valence-corrected chi connectivity index (χ3v) is 6.35. The second kappa shape index (κ2) is 8.36. The number of hydrogen-bond donors (Lipinski definition) is 0. The number of carbonyl (C=O) groups is 1. The number of ketones is 1. The summed E-state index contributed by atoms with van der Waals surface area (Å²) in [6.45, 7) is 3.33. The van der Waals surface area contributed by atoms with Gasteiger partial charge in [0, 0.05) is 12.0 Å². The van der Waals surface area contributed by atoms with Gasteiger partial charge in [0.15, 0.2) is 27.1 Å². The summed E-state index contributed by atoms with van der Waals surface area (Å²) in [5.74, 6) is 1.12. The zero-order chi connectivity index (χ0) is 19.3. The average Bonchev–Trinajstić information content (AvgIpc) is 2.61. The Balaban J connectivity index is 2.11. The third-order valence-electron chi connectivity index (χ3n) is 4.17. The zero-order valence-electron chi connectivity index (χ0n) is 15.5. The smallest absolute Gasteiger partial charge is 0.167 e. The van der Waals surface area contributed by atoms with E-state index in [1.165, 1.54) is 0 Å². The highest BCUT2D eigenvalue weighted by Gasteiger charge is 2.17. The summed E-state index contributed by atoms with van der Waals surface area (Å²) in [4.78, 5) is 12.5. The van der Waals surface area contributed by atoms with Crippen molar-refractivity contribution in [2.45, 2.75) is 31.3 Å². The first-order chi connectivity index (χ1) is 12.3. The maximum Gasteiger partial charge on any atom is 0.167 e. The lowest BCUT2D eigenvalue weighted by Crippen LogP contribution is -2.16. The Bertz CT molecular complexity index is 868. The lowest BCUT2D eigenvalue weighted by Gasteiger charge is -2.10. The number of methoxy groups -OCH3 is 2. The second-order valence-corrected chi connectivity index (χ2v) is 8.90. The summed E-state index contributed by atoms with van der Waals surface area (Å²) < 4.78 is 34.4. The molecule has 0 spiro atoms. The van der Waals surface area contributed by atoms with E-state index in [-0.39, 0.29) is 18.0 Å². The Kier molecular flexibility index (Phi) is 6.42. The van der Waals surface area contributed by atoms with Crippen molar-refractivity contribution in [1.29, 1.82) is 0 Å². The Morgan fingerprint density at radius 1 is 0.923 bits per heavy atom. The van der Waals surface area contributed by atoms with Crippen molar-refractivity contribution in [3.8, 4) is 11.5 Å². The van der Waals surface area contributed by atoms with Crippen LogP contribution < -0.4 is 9.47 Å². The Morgan fingerprint density at radius 2 is 1.50 bits per heavy atom. The topological polar surface area (TPSA) is 69.7 Å². The van der Waals surface area contributed by atoms with E-state index in [1.54, 1.807) is 64.5 Å². The van der Waals surface area contributed by atoms with Crippen molar-refractivity contribution in [3.63, 3.8) is 0 Å². The molecule has 0 amide bonds. The Morgan fingerprint density at radius 3 is 2.04 bits per heavy atom. The van der Waals surface area contributed by atoms with E-state index in [9.17, 15) is 13.2 Å². The van der Waals surface area contributed by atoms with Gasteiger partial charge in [-0.15, -0.1) is 0 Å². The second-order valence-electron chi connectivity index (χ2n) is 6.34. The molecule has 0 radical (unpaired) electrons. The number of hydrogen-bond acceptors (Lipinski definition) is 5. The first kappa shape index (κ1) is 20.0. The average molecular weight is 376 g/mol. The van der Waals surface area contributed by atoms with E-state index >= 15 is 0 Å². The zero-order valence-corrected chi connectivity index (χ0v) is 16.3. The van der Waals surface area contributed by atoms with E-state index in [0.717, 1.165) is 5.56 Å². The molecule has 140 valence electrons. The standard InChI is InChI=1S/C20H24O5S/c1-14(2)26(22,23)13-15-5-8-17(9-6-15)18(21)11-16-7-10-19(24-3)20(12-16)25-4/h5-10,12,14H,11,13H2,1-4H3. The highest BCUT2D eigenvalue weighted by molar-refractivity contribution is 7.91. The summed E-state index contributed by atoms with van der Waals surface area (Å²) in [6, 6.07) is 12.1. The Hall–Kier alpha value is -2.34. The van der Waals surface area contributed by atoms with Gasteiger partial charge in [-0.05, 0) is 37.1 Å². The van der Waals surface area contributed by atoms with Crippen molar-refractivity contribution in [2.75, 3.05) is 14.2 Å². The van der Waals surface area contributed by atoms with E-state index in [2.05, 4.69) is 0 Å². The molecular formula is C20H24O5S. The van der Waals surface area contributed by atoms with Crippen LogP contribution in [-0.2, 0) is 22.0 Å². The van der Waals surface area contributed by atoms with Gasteiger partial charge in [-0.3, -0.25) is 4.79 Å². The van der Waals surface area contributed by atoms with Crippen LogP contribution in [-0.4, -0.2) is 33.7 Å². The van der Waals surface area contributed by atoms with Gasteiger partial charge in [0.2, 0.25) is 0 Å². The molecule has 0 aliphatic rings.